The van der Waals surface area contributed by atoms with Gasteiger partial charge in [0.05, 0.1) is 25.2 Å². The molecule has 0 aromatic heterocycles. The fourth-order valence-corrected chi connectivity index (χ4v) is 4.51. The zero-order valence-electron chi connectivity index (χ0n) is 15.5. The number of imide groups is 1. The topological polar surface area (TPSA) is 90.0 Å². The standard InChI is InChI=1S/C19H21NO6S/c1-11(21)20(12(2)22)15-10-14(13-8-6-5-7-9-13)16(18(23)25-3)17(27-15)19(24)26-4/h5-10,14,16-17H,1-4H3/t14-,16-,17-/m0/s1. The number of methoxy groups -OCH3 is 2. The Balaban J connectivity index is 2.65. The molecule has 0 saturated carbocycles. The third-order valence-electron chi connectivity index (χ3n) is 4.22. The van der Waals surface area contributed by atoms with Crippen molar-refractivity contribution in [3.63, 3.8) is 0 Å². The van der Waals surface area contributed by atoms with E-state index in [9.17, 15) is 19.2 Å². The fraction of sp³-hybridized carbons (Fsp3) is 0.368. The molecule has 0 fully saturated rings. The lowest BCUT2D eigenvalue weighted by molar-refractivity contribution is -0.151. The van der Waals surface area contributed by atoms with Gasteiger partial charge in [0.2, 0.25) is 11.8 Å². The number of ether oxygens (including phenoxy) is 2. The van der Waals surface area contributed by atoms with Crippen molar-refractivity contribution in [3.8, 4) is 0 Å². The van der Waals surface area contributed by atoms with E-state index in [-0.39, 0.29) is 0 Å². The molecular formula is C19H21NO6S. The molecule has 1 aromatic carbocycles. The molecule has 2 amide bonds. The zero-order valence-corrected chi connectivity index (χ0v) is 16.3. The number of carbonyl (C=O) groups excluding carboxylic acids is 4. The van der Waals surface area contributed by atoms with Crippen LogP contribution in [0.25, 0.3) is 0 Å². The van der Waals surface area contributed by atoms with E-state index < -0.39 is 40.8 Å². The van der Waals surface area contributed by atoms with Crippen molar-refractivity contribution in [1.82, 2.24) is 4.90 Å². The molecule has 2 rings (SSSR count). The van der Waals surface area contributed by atoms with Gasteiger partial charge in [-0.05, 0) is 11.6 Å². The maximum absolute atomic E-state index is 12.5. The van der Waals surface area contributed by atoms with Gasteiger partial charge in [0.1, 0.15) is 5.25 Å². The second-order valence-corrected chi connectivity index (χ2v) is 7.09. The van der Waals surface area contributed by atoms with Crippen molar-refractivity contribution < 1.29 is 28.7 Å². The van der Waals surface area contributed by atoms with E-state index in [0.717, 1.165) is 22.2 Å². The number of carbonyl (C=O) groups is 4. The van der Waals surface area contributed by atoms with Gasteiger partial charge in [-0.3, -0.25) is 19.2 Å². The first-order chi connectivity index (χ1) is 12.8. The van der Waals surface area contributed by atoms with Gasteiger partial charge in [-0.25, -0.2) is 4.90 Å². The van der Waals surface area contributed by atoms with Crippen molar-refractivity contribution >= 4 is 35.5 Å². The number of nitrogens with zero attached hydrogens (tertiary/aromatic N) is 1. The summed E-state index contributed by atoms with van der Waals surface area (Å²) in [7, 11) is 2.47. The van der Waals surface area contributed by atoms with E-state index >= 15 is 0 Å². The predicted octanol–water partition coefficient (Wildman–Crippen LogP) is 2.08. The van der Waals surface area contributed by atoms with Crippen molar-refractivity contribution in [1.29, 1.82) is 0 Å². The van der Waals surface area contributed by atoms with Crippen LogP contribution < -0.4 is 0 Å². The Kier molecular flexibility index (Phi) is 6.79. The van der Waals surface area contributed by atoms with E-state index in [1.54, 1.807) is 18.2 Å². The number of hydrogen-bond acceptors (Lipinski definition) is 7. The van der Waals surface area contributed by atoms with Gasteiger partial charge in [-0.15, -0.1) is 0 Å². The van der Waals surface area contributed by atoms with Crippen LogP contribution in [0.1, 0.15) is 25.3 Å². The quantitative estimate of drug-likeness (QED) is 0.726. The Labute approximate surface area is 161 Å². The molecule has 1 aromatic rings. The average Bonchev–Trinajstić information content (AvgIpc) is 2.66. The highest BCUT2D eigenvalue weighted by Gasteiger charge is 2.46. The number of rotatable bonds is 4. The third-order valence-corrected chi connectivity index (χ3v) is 5.52. The molecule has 8 heteroatoms. The highest BCUT2D eigenvalue weighted by molar-refractivity contribution is 8.04. The number of benzene rings is 1. The van der Waals surface area contributed by atoms with E-state index in [0.29, 0.717) is 5.03 Å². The Hall–Kier alpha value is -2.61. The molecule has 0 bridgehead atoms. The molecule has 1 heterocycles. The lowest BCUT2D eigenvalue weighted by Crippen LogP contribution is -2.43. The number of esters is 2. The summed E-state index contributed by atoms with van der Waals surface area (Å²) in [6.07, 6.45) is 1.66. The molecule has 0 unspecified atom stereocenters. The number of allylic oxidation sites excluding steroid dienone is 1. The normalized spacial score (nSPS) is 21.6. The molecule has 7 nitrogen and oxygen atoms in total. The van der Waals surface area contributed by atoms with Gasteiger partial charge in [0.25, 0.3) is 0 Å². The maximum atomic E-state index is 12.5. The minimum Gasteiger partial charge on any atom is -0.469 e. The largest absolute Gasteiger partial charge is 0.469 e. The van der Waals surface area contributed by atoms with Crippen molar-refractivity contribution in [2.45, 2.75) is 25.0 Å². The molecule has 0 spiro atoms. The second-order valence-electron chi connectivity index (χ2n) is 5.93. The highest BCUT2D eigenvalue weighted by Crippen LogP contribution is 2.45. The molecule has 1 aliphatic rings. The smallest absolute Gasteiger partial charge is 0.320 e. The maximum Gasteiger partial charge on any atom is 0.320 e. The third kappa shape index (κ3) is 4.39. The minimum absolute atomic E-state index is 0.291. The first-order valence-electron chi connectivity index (χ1n) is 8.22. The summed E-state index contributed by atoms with van der Waals surface area (Å²) in [6, 6.07) is 9.06. The number of hydrogen-bond donors (Lipinski definition) is 0. The van der Waals surface area contributed by atoms with Crippen LogP contribution in [0.4, 0.5) is 0 Å². The molecule has 3 atom stereocenters. The van der Waals surface area contributed by atoms with Gasteiger partial charge in [-0.2, -0.15) is 0 Å². The van der Waals surface area contributed by atoms with Crippen LogP contribution >= 0.6 is 11.8 Å². The van der Waals surface area contributed by atoms with Crippen LogP contribution in [0, 0.1) is 5.92 Å². The van der Waals surface area contributed by atoms with E-state index in [1.807, 2.05) is 18.2 Å². The van der Waals surface area contributed by atoms with E-state index in [2.05, 4.69) is 0 Å². The van der Waals surface area contributed by atoms with Crippen LogP contribution in [0.3, 0.4) is 0 Å². The van der Waals surface area contributed by atoms with Crippen LogP contribution in [0.5, 0.6) is 0 Å². The highest BCUT2D eigenvalue weighted by atomic mass is 32.2. The monoisotopic (exact) mass is 391 g/mol. The first kappa shape index (κ1) is 20.7. The summed E-state index contributed by atoms with van der Waals surface area (Å²) >= 11 is 0.949. The summed E-state index contributed by atoms with van der Waals surface area (Å²) in [5, 5.41) is -0.673. The number of amides is 2. The lowest BCUT2D eigenvalue weighted by Gasteiger charge is -2.35. The van der Waals surface area contributed by atoms with Gasteiger partial charge in [0, 0.05) is 19.8 Å². The summed E-state index contributed by atoms with van der Waals surface area (Å²) in [5.41, 5.74) is 0.756. The average molecular weight is 391 g/mol. The van der Waals surface area contributed by atoms with Crippen LogP contribution in [-0.4, -0.2) is 48.1 Å². The Morgan fingerprint density at radius 1 is 0.926 bits per heavy atom. The summed E-state index contributed by atoms with van der Waals surface area (Å²) in [4.78, 5) is 49.9. The van der Waals surface area contributed by atoms with E-state index in [1.165, 1.54) is 28.1 Å². The summed E-state index contributed by atoms with van der Waals surface area (Å²) in [5.74, 6) is -3.59. The lowest BCUT2D eigenvalue weighted by atomic mass is 9.83. The minimum atomic E-state index is -0.964. The number of thioether (sulfide) groups is 1. The van der Waals surface area contributed by atoms with Crippen LogP contribution in [0.2, 0.25) is 0 Å². The SMILES string of the molecule is COC(=O)[C@@H]1[C@@H](C(=O)OC)SC(N(C(C)=O)C(C)=O)=C[C@H]1c1ccccc1. The molecule has 1 aliphatic heterocycles. The second kappa shape index (κ2) is 8.85. The van der Waals surface area contributed by atoms with Gasteiger partial charge in [0.15, 0.2) is 0 Å². The van der Waals surface area contributed by atoms with Crippen molar-refractivity contribution in [3.05, 3.63) is 47.0 Å². The summed E-state index contributed by atoms with van der Waals surface area (Å²) in [6.45, 7) is 2.53. The molecule has 0 saturated heterocycles. The van der Waals surface area contributed by atoms with Crippen LogP contribution in [-0.2, 0) is 28.7 Å². The molecule has 0 aliphatic carbocycles. The molecule has 27 heavy (non-hydrogen) atoms. The van der Waals surface area contributed by atoms with Crippen molar-refractivity contribution in [2.24, 2.45) is 5.92 Å². The Bertz CT molecular complexity index is 762. The predicted molar refractivity (Wildman–Crippen MR) is 99.4 cm³/mol. The van der Waals surface area contributed by atoms with Gasteiger partial charge in [-0.1, -0.05) is 42.1 Å². The van der Waals surface area contributed by atoms with E-state index in [4.69, 9.17) is 9.47 Å². The van der Waals surface area contributed by atoms with Crippen LogP contribution in [0.15, 0.2) is 41.4 Å². The molecule has 0 radical (unpaired) electrons. The zero-order chi connectivity index (χ0) is 20.1. The fourth-order valence-electron chi connectivity index (χ4n) is 3.04. The Morgan fingerprint density at radius 3 is 1.96 bits per heavy atom. The molecular weight excluding hydrogens is 370 g/mol. The first-order valence-corrected chi connectivity index (χ1v) is 9.10. The Morgan fingerprint density at radius 2 is 1.48 bits per heavy atom. The van der Waals surface area contributed by atoms with Gasteiger partial charge >= 0.3 is 11.9 Å². The van der Waals surface area contributed by atoms with Gasteiger partial charge < -0.3 is 9.47 Å². The molecule has 0 N–H and O–H groups in total. The van der Waals surface area contributed by atoms with Crippen molar-refractivity contribution in [2.75, 3.05) is 14.2 Å². The molecule has 144 valence electrons. The summed E-state index contributed by atoms with van der Waals surface area (Å²) < 4.78 is 9.78.